The molecule has 0 spiro atoms. The first-order valence-electron chi connectivity index (χ1n) is 13.2. The van der Waals surface area contributed by atoms with Crippen LogP contribution in [-0.2, 0) is 0 Å². The van der Waals surface area contributed by atoms with Gasteiger partial charge in [0.1, 0.15) is 0 Å². The molecule has 6 aromatic carbocycles. The third-order valence-corrected chi connectivity index (χ3v) is 13.8. The van der Waals surface area contributed by atoms with Gasteiger partial charge in [-0.05, 0) is 0 Å². The van der Waals surface area contributed by atoms with Gasteiger partial charge in [-0.3, -0.25) is 0 Å². The Balaban J connectivity index is 1.57. The van der Waals surface area contributed by atoms with Crippen molar-refractivity contribution in [2.75, 3.05) is 0 Å². The molecule has 0 fully saturated rings. The van der Waals surface area contributed by atoms with E-state index in [1.54, 1.807) is 0 Å². The molecule has 0 saturated heterocycles. The molecule has 0 N–H and O–H groups in total. The van der Waals surface area contributed by atoms with Crippen LogP contribution >= 0.6 is 18.7 Å². The van der Waals surface area contributed by atoms with Crippen molar-refractivity contribution < 1.29 is 0 Å². The SMILES string of the molecule is S[PH](c1ccccc1)(c1ccccc1)c1ccc2c(c1)c1c3ccccc3ccc1c1nc3ccccc3n21. The molecule has 39 heavy (non-hydrogen) atoms. The van der Waals surface area contributed by atoms with Crippen LogP contribution < -0.4 is 15.9 Å². The van der Waals surface area contributed by atoms with Crippen molar-refractivity contribution in [1.29, 1.82) is 0 Å². The number of thiol groups is 1. The zero-order valence-electron chi connectivity index (χ0n) is 21.1. The van der Waals surface area contributed by atoms with E-state index < -0.39 is 6.46 Å². The quantitative estimate of drug-likeness (QED) is 0.138. The Labute approximate surface area is 232 Å². The van der Waals surface area contributed by atoms with Crippen LogP contribution in [0, 0.1) is 0 Å². The van der Waals surface area contributed by atoms with E-state index >= 15 is 0 Å². The van der Waals surface area contributed by atoms with Crippen molar-refractivity contribution in [3.05, 3.63) is 140 Å². The molecule has 186 valence electrons. The number of benzene rings is 6. The standard InChI is InChI=1S/C35H25N2PS/c39-38(25-12-3-1-4-13-25,26-14-5-2-6-15-26)27-20-22-32-30(23-27)34-28-16-8-7-11-24(28)19-21-29(34)35-36-31-17-9-10-18-33(31)37(32)35/h1-23,38-39H. The number of hydrogen-bond acceptors (Lipinski definition) is 2. The van der Waals surface area contributed by atoms with Gasteiger partial charge >= 0.3 is 233 Å². The summed E-state index contributed by atoms with van der Waals surface area (Å²) in [5, 5.41) is 9.96. The number of rotatable bonds is 3. The third-order valence-electron chi connectivity index (χ3n) is 8.04. The minimum absolute atomic E-state index is 0.998. The van der Waals surface area contributed by atoms with Crippen molar-refractivity contribution in [2.24, 2.45) is 0 Å². The number of nitrogens with zero attached hydrogens (tertiary/aromatic N) is 2. The Morgan fingerprint density at radius 3 is 1.95 bits per heavy atom. The fourth-order valence-corrected chi connectivity index (χ4v) is 10.6. The predicted molar refractivity (Wildman–Crippen MR) is 174 cm³/mol. The molecule has 0 atom stereocenters. The molecule has 0 aliphatic heterocycles. The fourth-order valence-electron chi connectivity index (χ4n) is 6.21. The number of fused-ring (bicyclic) bond motifs is 10. The summed E-state index contributed by atoms with van der Waals surface area (Å²) in [6.45, 7) is -2.59. The molecule has 8 aromatic rings. The summed E-state index contributed by atoms with van der Waals surface area (Å²) in [5.41, 5.74) is 4.30. The Hall–Kier alpha value is -4.17. The Kier molecular flexibility index (Phi) is 5.07. The molecule has 8 rings (SSSR count). The topological polar surface area (TPSA) is 17.3 Å². The van der Waals surface area contributed by atoms with Crippen molar-refractivity contribution in [3.8, 4) is 0 Å². The van der Waals surface area contributed by atoms with E-state index in [9.17, 15) is 0 Å². The van der Waals surface area contributed by atoms with Crippen molar-refractivity contribution in [1.82, 2.24) is 9.38 Å². The van der Waals surface area contributed by atoms with Gasteiger partial charge in [0.25, 0.3) is 0 Å². The molecule has 0 amide bonds. The summed E-state index contributed by atoms with van der Waals surface area (Å²) >= 11 is 5.62. The molecule has 0 unspecified atom stereocenters. The van der Waals surface area contributed by atoms with Crippen LogP contribution in [-0.4, -0.2) is 9.38 Å². The minimum atomic E-state index is -2.59. The van der Waals surface area contributed by atoms with Gasteiger partial charge < -0.3 is 0 Å². The maximum atomic E-state index is 5.62. The molecule has 0 aliphatic carbocycles. The summed E-state index contributed by atoms with van der Waals surface area (Å²) in [4.78, 5) is 5.12. The van der Waals surface area contributed by atoms with Crippen molar-refractivity contribution in [2.45, 2.75) is 0 Å². The summed E-state index contributed by atoms with van der Waals surface area (Å²) < 4.78 is 2.33. The molecule has 2 nitrogen and oxygen atoms in total. The van der Waals surface area contributed by atoms with E-state index in [1.165, 1.54) is 42.8 Å². The van der Waals surface area contributed by atoms with E-state index in [0.29, 0.717) is 0 Å². The van der Waals surface area contributed by atoms with Gasteiger partial charge in [-0.2, -0.15) is 0 Å². The molecule has 2 heterocycles. The summed E-state index contributed by atoms with van der Waals surface area (Å²) in [7, 11) is 0. The van der Waals surface area contributed by atoms with Crippen LogP contribution in [0.1, 0.15) is 0 Å². The van der Waals surface area contributed by atoms with E-state index in [1.807, 2.05) is 0 Å². The molecular formula is C35H25N2PS. The Bertz CT molecular complexity index is 2150. The van der Waals surface area contributed by atoms with Crippen LogP contribution in [0.5, 0.6) is 0 Å². The first-order chi connectivity index (χ1) is 19.2. The van der Waals surface area contributed by atoms with Crippen LogP contribution in [0.15, 0.2) is 140 Å². The molecule has 0 saturated carbocycles. The number of pyridine rings is 1. The Morgan fingerprint density at radius 2 is 1.18 bits per heavy atom. The molecule has 0 radical (unpaired) electrons. The van der Waals surface area contributed by atoms with Gasteiger partial charge in [-0.1, -0.05) is 0 Å². The van der Waals surface area contributed by atoms with Gasteiger partial charge in [0.15, 0.2) is 0 Å². The second kappa shape index (κ2) is 8.68. The van der Waals surface area contributed by atoms with E-state index in [2.05, 4.69) is 144 Å². The van der Waals surface area contributed by atoms with E-state index in [-0.39, 0.29) is 0 Å². The van der Waals surface area contributed by atoms with Crippen molar-refractivity contribution >= 4 is 83.8 Å². The number of para-hydroxylation sites is 2. The Morgan fingerprint density at radius 1 is 0.513 bits per heavy atom. The number of imidazole rings is 1. The van der Waals surface area contributed by atoms with E-state index in [4.69, 9.17) is 17.2 Å². The average molecular weight is 537 g/mol. The summed E-state index contributed by atoms with van der Waals surface area (Å²) in [6, 6.07) is 50.2. The predicted octanol–water partition coefficient (Wildman–Crippen LogP) is 7.82. The van der Waals surface area contributed by atoms with Crippen LogP contribution in [0.25, 0.3) is 49.1 Å². The van der Waals surface area contributed by atoms with Gasteiger partial charge in [0, 0.05) is 0 Å². The maximum absolute atomic E-state index is 5.62. The molecule has 4 heteroatoms. The summed E-state index contributed by atoms with van der Waals surface area (Å²) in [5.74, 6) is 0. The summed E-state index contributed by atoms with van der Waals surface area (Å²) in [6.07, 6.45) is 0. The molecule has 2 aromatic heterocycles. The monoisotopic (exact) mass is 536 g/mol. The van der Waals surface area contributed by atoms with Gasteiger partial charge in [-0.25, -0.2) is 0 Å². The fraction of sp³-hybridized carbons (Fsp3) is 0. The molecular weight excluding hydrogens is 511 g/mol. The van der Waals surface area contributed by atoms with Crippen LogP contribution in [0.3, 0.4) is 0 Å². The first kappa shape index (κ1) is 22.8. The zero-order valence-corrected chi connectivity index (χ0v) is 23.0. The van der Waals surface area contributed by atoms with Crippen LogP contribution in [0.4, 0.5) is 0 Å². The molecule has 0 bridgehead atoms. The number of aromatic nitrogens is 2. The second-order valence-corrected chi connectivity index (χ2v) is 15.3. The second-order valence-electron chi connectivity index (χ2n) is 10.1. The third kappa shape index (κ3) is 3.31. The van der Waals surface area contributed by atoms with Gasteiger partial charge in [0.05, 0.1) is 0 Å². The normalized spacial score (nSPS) is 12.6. The van der Waals surface area contributed by atoms with Crippen molar-refractivity contribution in [3.63, 3.8) is 0 Å². The van der Waals surface area contributed by atoms with Gasteiger partial charge in [0.2, 0.25) is 0 Å². The molecule has 0 aliphatic rings. The average Bonchev–Trinajstić information content (AvgIpc) is 3.41. The number of hydrogen-bond donors (Lipinski definition) is 1. The van der Waals surface area contributed by atoms with Crippen LogP contribution in [0.2, 0.25) is 0 Å². The zero-order chi connectivity index (χ0) is 26.0. The first-order valence-corrected chi connectivity index (χ1v) is 16.5. The van der Waals surface area contributed by atoms with E-state index in [0.717, 1.165) is 22.2 Å². The van der Waals surface area contributed by atoms with Gasteiger partial charge in [-0.15, -0.1) is 0 Å².